The molecule has 1 atom stereocenters. The lowest BCUT2D eigenvalue weighted by Crippen LogP contribution is -2.58. The summed E-state index contributed by atoms with van der Waals surface area (Å²) in [6.07, 6.45) is 6.99. The molecular weight excluding hydrogens is 453 g/mol. The van der Waals surface area contributed by atoms with Crippen molar-refractivity contribution >= 4 is 34.8 Å². The third-order valence-electron chi connectivity index (χ3n) is 7.28. The summed E-state index contributed by atoms with van der Waals surface area (Å²) in [5.41, 5.74) is 0.771. The fourth-order valence-corrected chi connectivity index (χ4v) is 5.72. The molecule has 2 heterocycles. The fourth-order valence-electron chi connectivity index (χ4n) is 5.42. The van der Waals surface area contributed by atoms with Gasteiger partial charge >= 0.3 is 0 Å². The lowest BCUT2D eigenvalue weighted by Gasteiger charge is -2.41. The minimum atomic E-state index is -0.272. The topological polar surface area (TPSA) is 67.9 Å². The van der Waals surface area contributed by atoms with Crippen LogP contribution >= 0.6 is 12.2 Å². The Balaban J connectivity index is 1.26. The zero-order valence-electron chi connectivity index (χ0n) is 19.8. The first kappa shape index (κ1) is 24.9. The van der Waals surface area contributed by atoms with Crippen LogP contribution in [0.15, 0.2) is 24.3 Å². The van der Waals surface area contributed by atoms with Crippen LogP contribution in [0.25, 0.3) is 0 Å². The van der Waals surface area contributed by atoms with Gasteiger partial charge in [0, 0.05) is 57.9 Å². The maximum Gasteiger partial charge on any atom is 0.237 e. The van der Waals surface area contributed by atoms with Crippen molar-refractivity contribution in [2.24, 2.45) is 5.92 Å². The van der Waals surface area contributed by atoms with Crippen LogP contribution in [-0.2, 0) is 9.59 Å². The van der Waals surface area contributed by atoms with Crippen molar-refractivity contribution in [2.45, 2.75) is 51.0 Å². The number of nitrogens with one attached hydrogen (secondary N) is 2. The quantitative estimate of drug-likeness (QED) is 0.432. The maximum absolute atomic E-state index is 13.3. The normalized spacial score (nSPS) is 20.6. The van der Waals surface area contributed by atoms with Crippen molar-refractivity contribution in [3.05, 3.63) is 30.1 Å². The maximum atomic E-state index is 13.3. The Bertz CT molecular complexity index is 853. The second-order valence-electron chi connectivity index (χ2n) is 9.58. The van der Waals surface area contributed by atoms with Crippen molar-refractivity contribution in [1.29, 1.82) is 0 Å². The molecule has 2 amide bonds. The third kappa shape index (κ3) is 6.44. The molecule has 3 fully saturated rings. The Kier molecular flexibility index (Phi) is 8.72. The second-order valence-corrected chi connectivity index (χ2v) is 9.97. The van der Waals surface area contributed by atoms with Crippen LogP contribution in [-0.4, -0.2) is 83.5 Å². The Hall–Kier alpha value is -2.26. The summed E-state index contributed by atoms with van der Waals surface area (Å²) in [4.78, 5) is 31.4. The number of carbonyl (C=O) groups excluding carboxylic acids is 2. The van der Waals surface area contributed by atoms with E-state index in [0.717, 1.165) is 70.6 Å². The number of likely N-dealkylation sites (tertiary alicyclic amines) is 1. The van der Waals surface area contributed by atoms with Crippen LogP contribution in [0.2, 0.25) is 0 Å². The molecule has 34 heavy (non-hydrogen) atoms. The largest absolute Gasteiger partial charge is 0.355 e. The summed E-state index contributed by atoms with van der Waals surface area (Å²) in [5, 5.41) is 6.98. The van der Waals surface area contributed by atoms with Crippen LogP contribution in [0.5, 0.6) is 0 Å². The van der Waals surface area contributed by atoms with Gasteiger partial charge in [0.1, 0.15) is 5.82 Å². The standard InChI is InChI=1S/C25H36FN5O2S/c26-20-8-10-21(11-9-20)28-25(34)31-17-15-30(16-18-31)23(19-5-1-2-6-19)24(33)27-12-4-14-29-13-3-7-22(29)32/h8-11,19,23H,1-7,12-18H2,(H,27,33)(H,28,34). The Morgan fingerprint density at radius 2 is 1.76 bits per heavy atom. The van der Waals surface area contributed by atoms with Crippen LogP contribution in [0, 0.1) is 11.7 Å². The fraction of sp³-hybridized carbons (Fsp3) is 0.640. The number of hydrogen-bond acceptors (Lipinski definition) is 4. The lowest BCUT2D eigenvalue weighted by molar-refractivity contribution is -0.129. The monoisotopic (exact) mass is 489 g/mol. The van der Waals surface area contributed by atoms with E-state index in [1.807, 2.05) is 4.90 Å². The highest BCUT2D eigenvalue weighted by molar-refractivity contribution is 7.80. The Morgan fingerprint density at radius 1 is 1.06 bits per heavy atom. The molecule has 1 saturated carbocycles. The van der Waals surface area contributed by atoms with E-state index < -0.39 is 0 Å². The Labute approximate surface area is 207 Å². The number of benzene rings is 1. The van der Waals surface area contributed by atoms with E-state index in [2.05, 4.69) is 20.4 Å². The molecule has 7 nitrogen and oxygen atoms in total. The van der Waals surface area contributed by atoms with Crippen molar-refractivity contribution in [3.8, 4) is 0 Å². The molecule has 1 aromatic rings. The van der Waals surface area contributed by atoms with E-state index in [1.165, 1.54) is 25.0 Å². The number of rotatable bonds is 8. The number of carbonyl (C=O) groups is 2. The first-order valence-corrected chi connectivity index (χ1v) is 13.0. The molecule has 2 aliphatic heterocycles. The van der Waals surface area contributed by atoms with Crippen LogP contribution in [0.3, 0.4) is 0 Å². The summed E-state index contributed by atoms with van der Waals surface area (Å²) >= 11 is 5.57. The van der Waals surface area contributed by atoms with E-state index in [9.17, 15) is 14.0 Å². The molecule has 0 spiro atoms. The molecule has 1 aliphatic carbocycles. The molecule has 0 bridgehead atoms. The highest BCUT2D eigenvalue weighted by atomic mass is 32.1. The zero-order valence-corrected chi connectivity index (χ0v) is 20.6. The predicted octanol–water partition coefficient (Wildman–Crippen LogP) is 2.83. The van der Waals surface area contributed by atoms with Crippen molar-refractivity contribution in [1.82, 2.24) is 20.0 Å². The Morgan fingerprint density at radius 3 is 2.41 bits per heavy atom. The van der Waals surface area contributed by atoms with Crippen molar-refractivity contribution < 1.29 is 14.0 Å². The predicted molar refractivity (Wildman–Crippen MR) is 135 cm³/mol. The number of hydrogen-bond donors (Lipinski definition) is 2. The van der Waals surface area contributed by atoms with E-state index in [1.54, 1.807) is 12.1 Å². The smallest absolute Gasteiger partial charge is 0.237 e. The average Bonchev–Trinajstić information content (AvgIpc) is 3.51. The van der Waals surface area contributed by atoms with Gasteiger partial charge in [-0.1, -0.05) is 12.8 Å². The molecule has 1 unspecified atom stereocenters. The second kappa shape index (κ2) is 11.9. The van der Waals surface area contributed by atoms with E-state index in [0.29, 0.717) is 24.0 Å². The van der Waals surface area contributed by atoms with Crippen LogP contribution in [0.1, 0.15) is 44.9 Å². The molecule has 0 radical (unpaired) electrons. The van der Waals surface area contributed by atoms with Gasteiger partial charge in [-0.3, -0.25) is 14.5 Å². The minimum Gasteiger partial charge on any atom is -0.355 e. The van der Waals surface area contributed by atoms with E-state index in [4.69, 9.17) is 12.2 Å². The summed E-state index contributed by atoms with van der Waals surface area (Å²) in [5.74, 6) is 0.488. The molecule has 1 aromatic carbocycles. The molecule has 2 N–H and O–H groups in total. The third-order valence-corrected chi connectivity index (χ3v) is 7.64. The highest BCUT2D eigenvalue weighted by Crippen LogP contribution is 2.31. The van der Waals surface area contributed by atoms with Gasteiger partial charge in [-0.05, 0) is 68.1 Å². The molecule has 0 aromatic heterocycles. The van der Waals surface area contributed by atoms with E-state index >= 15 is 0 Å². The molecule has 3 aliphatic rings. The highest BCUT2D eigenvalue weighted by Gasteiger charge is 2.37. The molecule has 186 valence electrons. The average molecular weight is 490 g/mol. The zero-order chi connectivity index (χ0) is 23.9. The number of thiocarbonyl (C=S) groups is 1. The number of nitrogens with zero attached hydrogens (tertiary/aromatic N) is 3. The summed E-state index contributed by atoms with van der Waals surface area (Å²) < 4.78 is 13.1. The number of halogens is 1. The van der Waals surface area contributed by atoms with Crippen molar-refractivity contribution in [2.75, 3.05) is 51.1 Å². The summed E-state index contributed by atoms with van der Waals surface area (Å²) in [6, 6.07) is 6.08. The lowest BCUT2D eigenvalue weighted by atomic mass is 9.95. The minimum absolute atomic E-state index is 0.100. The van der Waals surface area contributed by atoms with Gasteiger partial charge in [0.05, 0.1) is 6.04 Å². The van der Waals surface area contributed by atoms with Gasteiger partial charge in [-0.25, -0.2) is 4.39 Å². The van der Waals surface area contributed by atoms with Gasteiger partial charge in [0.2, 0.25) is 11.8 Å². The molecule has 4 rings (SSSR count). The molecule has 9 heteroatoms. The number of piperazine rings is 1. The van der Waals surface area contributed by atoms with Gasteiger partial charge in [-0.2, -0.15) is 0 Å². The van der Waals surface area contributed by atoms with E-state index in [-0.39, 0.29) is 23.7 Å². The van der Waals surface area contributed by atoms with Gasteiger partial charge in [-0.15, -0.1) is 0 Å². The SMILES string of the molecule is O=C(NCCCN1CCCC1=O)C(C1CCCC1)N1CCN(C(=S)Nc2ccc(F)cc2)CC1. The first-order valence-electron chi connectivity index (χ1n) is 12.6. The summed E-state index contributed by atoms with van der Waals surface area (Å²) in [6.45, 7) is 5.24. The van der Waals surface area contributed by atoms with Gasteiger partial charge in [0.25, 0.3) is 0 Å². The number of anilines is 1. The first-order chi connectivity index (χ1) is 16.5. The summed E-state index contributed by atoms with van der Waals surface area (Å²) in [7, 11) is 0. The molecule has 2 saturated heterocycles. The van der Waals surface area contributed by atoms with Crippen molar-refractivity contribution in [3.63, 3.8) is 0 Å². The van der Waals surface area contributed by atoms with Crippen LogP contribution < -0.4 is 10.6 Å². The van der Waals surface area contributed by atoms with Crippen LogP contribution in [0.4, 0.5) is 10.1 Å². The van der Waals surface area contributed by atoms with Gasteiger partial charge in [0.15, 0.2) is 5.11 Å². The number of amides is 2. The van der Waals surface area contributed by atoms with Gasteiger partial charge < -0.3 is 20.4 Å². The molecular formula is C25H36FN5O2S.